The van der Waals surface area contributed by atoms with Gasteiger partial charge in [-0.05, 0) is 26.7 Å². The summed E-state index contributed by atoms with van der Waals surface area (Å²) in [6, 6.07) is -0.467. The molecular formula is C14H24N4O4S. The van der Waals surface area contributed by atoms with Crippen molar-refractivity contribution in [3.05, 3.63) is 5.89 Å². The maximum absolute atomic E-state index is 12.0. The van der Waals surface area contributed by atoms with E-state index >= 15 is 0 Å². The lowest BCUT2D eigenvalue weighted by Crippen LogP contribution is -2.37. The van der Waals surface area contributed by atoms with Gasteiger partial charge in [0.1, 0.15) is 11.6 Å². The number of primary amides is 1. The van der Waals surface area contributed by atoms with E-state index in [0.29, 0.717) is 0 Å². The lowest BCUT2D eigenvalue weighted by atomic mass is 9.99. The number of hydrogen-bond donors (Lipinski definition) is 2. The van der Waals surface area contributed by atoms with Gasteiger partial charge in [0.15, 0.2) is 0 Å². The molecule has 0 aliphatic heterocycles. The van der Waals surface area contributed by atoms with Gasteiger partial charge in [-0.25, -0.2) is 4.79 Å². The molecule has 0 aromatic carbocycles. The van der Waals surface area contributed by atoms with Gasteiger partial charge in [-0.3, -0.25) is 4.79 Å². The van der Waals surface area contributed by atoms with Gasteiger partial charge < -0.3 is 20.2 Å². The summed E-state index contributed by atoms with van der Waals surface area (Å²) in [4.78, 5) is 22.8. The van der Waals surface area contributed by atoms with Crippen molar-refractivity contribution < 1.29 is 18.7 Å². The Kier molecular flexibility index (Phi) is 6.86. The summed E-state index contributed by atoms with van der Waals surface area (Å²) in [5.41, 5.74) is 4.48. The second-order valence-electron chi connectivity index (χ2n) is 6.17. The first-order chi connectivity index (χ1) is 10.6. The van der Waals surface area contributed by atoms with Crippen LogP contribution >= 0.6 is 11.8 Å². The number of thioether (sulfide) groups is 1. The smallest absolute Gasteiger partial charge is 0.408 e. The first-order valence-corrected chi connectivity index (χ1v) is 8.35. The molecule has 1 rings (SSSR count). The summed E-state index contributed by atoms with van der Waals surface area (Å²) < 4.78 is 10.8. The number of nitrogens with zero attached hydrogens (tertiary/aromatic N) is 2. The first kappa shape index (κ1) is 19.3. The molecule has 0 fully saturated rings. The van der Waals surface area contributed by atoms with E-state index < -0.39 is 23.6 Å². The van der Waals surface area contributed by atoms with Gasteiger partial charge in [0.2, 0.25) is 11.8 Å². The van der Waals surface area contributed by atoms with Crippen LogP contribution in [-0.4, -0.2) is 33.6 Å². The molecule has 0 saturated heterocycles. The van der Waals surface area contributed by atoms with Gasteiger partial charge in [-0.15, -0.1) is 10.2 Å². The fraction of sp³-hybridized carbons (Fsp3) is 0.714. The van der Waals surface area contributed by atoms with Crippen molar-refractivity contribution in [2.24, 2.45) is 11.7 Å². The van der Waals surface area contributed by atoms with Gasteiger partial charge in [-0.1, -0.05) is 32.0 Å². The van der Waals surface area contributed by atoms with Crippen molar-refractivity contribution in [1.82, 2.24) is 15.5 Å². The molecular weight excluding hydrogens is 320 g/mol. The van der Waals surface area contributed by atoms with Crippen molar-refractivity contribution in [3.8, 4) is 0 Å². The van der Waals surface area contributed by atoms with Gasteiger partial charge in [0.25, 0.3) is 5.22 Å². The highest BCUT2D eigenvalue weighted by molar-refractivity contribution is 7.99. The van der Waals surface area contributed by atoms with Crippen LogP contribution < -0.4 is 11.1 Å². The average molecular weight is 344 g/mol. The molecule has 3 N–H and O–H groups in total. The number of carbonyl (C=O) groups excluding carboxylic acids is 2. The monoisotopic (exact) mass is 344 g/mol. The molecule has 0 radical (unpaired) electrons. The summed E-state index contributed by atoms with van der Waals surface area (Å²) in [7, 11) is 0. The third-order valence-corrected chi connectivity index (χ3v) is 3.75. The molecule has 1 aromatic heterocycles. The van der Waals surface area contributed by atoms with Crippen LogP contribution in [0, 0.1) is 5.92 Å². The number of aromatic nitrogens is 2. The molecule has 0 aliphatic carbocycles. The van der Waals surface area contributed by atoms with E-state index in [1.807, 2.05) is 13.8 Å². The molecule has 2 amide bonds. The van der Waals surface area contributed by atoms with Crippen LogP contribution in [0.4, 0.5) is 4.79 Å². The van der Waals surface area contributed by atoms with Crippen molar-refractivity contribution >= 4 is 23.8 Å². The molecule has 0 bridgehead atoms. The Balaban J connectivity index is 2.82. The molecule has 130 valence electrons. The maximum Gasteiger partial charge on any atom is 0.408 e. The molecule has 0 spiro atoms. The summed E-state index contributed by atoms with van der Waals surface area (Å²) >= 11 is 1.06. The van der Waals surface area contributed by atoms with E-state index in [0.717, 1.165) is 18.2 Å². The second kappa shape index (κ2) is 8.19. The summed E-state index contributed by atoms with van der Waals surface area (Å²) in [6.07, 6.45) is 0.249. The SMILES string of the molecule is CC[C@@H](C)[C@@H](NC(=O)OC(C)(C)C)c1nnc(SCC(N)=O)o1. The highest BCUT2D eigenvalue weighted by atomic mass is 32.2. The van der Waals surface area contributed by atoms with Gasteiger partial charge in [-0.2, -0.15) is 0 Å². The lowest BCUT2D eigenvalue weighted by Gasteiger charge is -2.24. The summed E-state index contributed by atoms with van der Waals surface area (Å²) in [5.74, 6) is -0.0796. The number of nitrogens with one attached hydrogen (secondary N) is 1. The van der Waals surface area contributed by atoms with E-state index in [-0.39, 0.29) is 22.8 Å². The van der Waals surface area contributed by atoms with E-state index in [2.05, 4.69) is 15.5 Å². The van der Waals surface area contributed by atoms with Crippen LogP contribution in [0.1, 0.15) is 53.0 Å². The minimum absolute atomic E-state index is 0.0507. The third kappa shape index (κ3) is 6.89. The van der Waals surface area contributed by atoms with Crippen molar-refractivity contribution in [2.75, 3.05) is 5.75 Å². The highest BCUT2D eigenvalue weighted by Crippen LogP contribution is 2.26. The van der Waals surface area contributed by atoms with Gasteiger partial charge in [0, 0.05) is 0 Å². The van der Waals surface area contributed by atoms with Crippen molar-refractivity contribution in [3.63, 3.8) is 0 Å². The van der Waals surface area contributed by atoms with E-state index in [4.69, 9.17) is 14.9 Å². The Morgan fingerprint density at radius 3 is 2.57 bits per heavy atom. The van der Waals surface area contributed by atoms with Crippen LogP contribution in [0.25, 0.3) is 0 Å². The zero-order chi connectivity index (χ0) is 17.6. The molecule has 8 nitrogen and oxygen atoms in total. The van der Waals surface area contributed by atoms with E-state index in [9.17, 15) is 9.59 Å². The Labute approximate surface area is 139 Å². The number of alkyl carbamates (subject to hydrolysis) is 1. The van der Waals surface area contributed by atoms with E-state index in [1.165, 1.54) is 0 Å². The fourth-order valence-corrected chi connectivity index (χ4v) is 2.16. The lowest BCUT2D eigenvalue weighted by molar-refractivity contribution is -0.115. The minimum Gasteiger partial charge on any atom is -0.444 e. The zero-order valence-electron chi connectivity index (χ0n) is 14.1. The first-order valence-electron chi connectivity index (χ1n) is 7.36. The Morgan fingerprint density at radius 2 is 2.04 bits per heavy atom. The van der Waals surface area contributed by atoms with Crippen LogP contribution in [0.5, 0.6) is 0 Å². The largest absolute Gasteiger partial charge is 0.444 e. The standard InChI is InChI=1S/C14H24N4O4S/c1-6-8(2)10(16-12(20)22-14(3,4)5)11-17-18-13(21-11)23-7-9(15)19/h8,10H,6-7H2,1-5H3,(H2,15,19)(H,16,20)/t8-,10-/m1/s1. The van der Waals surface area contributed by atoms with Crippen LogP contribution in [0.15, 0.2) is 9.64 Å². The molecule has 0 aliphatic rings. The Hall–Kier alpha value is -1.77. The second-order valence-corrected chi connectivity index (χ2v) is 7.10. The summed E-state index contributed by atoms with van der Waals surface area (Å²) in [6.45, 7) is 9.32. The van der Waals surface area contributed by atoms with Gasteiger partial charge >= 0.3 is 6.09 Å². The fourth-order valence-electron chi connectivity index (χ4n) is 1.65. The quantitative estimate of drug-likeness (QED) is 0.728. The molecule has 1 aromatic rings. The van der Waals surface area contributed by atoms with Crippen LogP contribution in [-0.2, 0) is 9.53 Å². The highest BCUT2D eigenvalue weighted by Gasteiger charge is 2.28. The third-order valence-electron chi connectivity index (χ3n) is 2.91. The normalized spacial score (nSPS) is 14.1. The molecule has 0 saturated carbocycles. The maximum atomic E-state index is 12.0. The van der Waals surface area contributed by atoms with Crippen molar-refractivity contribution in [2.45, 2.75) is 57.9 Å². The summed E-state index contributed by atoms with van der Waals surface area (Å²) in [5, 5.41) is 10.8. The number of carbonyl (C=O) groups is 2. The average Bonchev–Trinajstić information content (AvgIpc) is 2.88. The van der Waals surface area contributed by atoms with Crippen molar-refractivity contribution in [1.29, 1.82) is 0 Å². The zero-order valence-corrected chi connectivity index (χ0v) is 14.9. The van der Waals surface area contributed by atoms with Crippen LogP contribution in [0.2, 0.25) is 0 Å². The number of rotatable bonds is 7. The number of hydrogen-bond acceptors (Lipinski definition) is 7. The minimum atomic E-state index is -0.596. The predicted octanol–water partition coefficient (Wildman–Crippen LogP) is 2.26. The topological polar surface area (TPSA) is 120 Å². The van der Waals surface area contributed by atoms with E-state index in [1.54, 1.807) is 20.8 Å². The van der Waals surface area contributed by atoms with Crippen LogP contribution in [0.3, 0.4) is 0 Å². The predicted molar refractivity (Wildman–Crippen MR) is 85.8 cm³/mol. The number of ether oxygens (including phenoxy) is 1. The Bertz CT molecular complexity index is 541. The van der Waals surface area contributed by atoms with Gasteiger partial charge in [0.05, 0.1) is 5.75 Å². The molecule has 0 unspecified atom stereocenters. The molecule has 2 atom stereocenters. The Morgan fingerprint density at radius 1 is 1.39 bits per heavy atom. The molecule has 23 heavy (non-hydrogen) atoms. The molecule has 9 heteroatoms. The number of amides is 2. The number of nitrogens with two attached hydrogens (primary N) is 1. The molecule has 1 heterocycles.